The van der Waals surface area contributed by atoms with E-state index in [-0.39, 0.29) is 18.3 Å². The molecule has 1 aromatic rings. The van der Waals surface area contributed by atoms with Crippen molar-refractivity contribution >= 4 is 23.9 Å². The number of carbonyl (C=O) groups excluding carboxylic acids is 3. The van der Waals surface area contributed by atoms with Crippen molar-refractivity contribution in [3.05, 3.63) is 22.7 Å². The smallest absolute Gasteiger partial charge is 0.462 e. The highest BCUT2D eigenvalue weighted by Crippen LogP contribution is 2.37. The third kappa shape index (κ3) is 4.98. The van der Waals surface area contributed by atoms with E-state index in [1.165, 1.54) is 19.2 Å². The molecule has 0 amide bonds. The van der Waals surface area contributed by atoms with Crippen LogP contribution in [-0.4, -0.2) is 64.6 Å². The molecular weight excluding hydrogens is 430 g/mol. The summed E-state index contributed by atoms with van der Waals surface area (Å²) in [6.45, 7) is 4.71. The fourth-order valence-electron chi connectivity index (χ4n) is 2.98. The summed E-state index contributed by atoms with van der Waals surface area (Å²) in [7, 11) is 0. The Morgan fingerprint density at radius 3 is 2.50 bits per heavy atom. The van der Waals surface area contributed by atoms with Gasteiger partial charge in [-0.3, -0.25) is 9.36 Å². The van der Waals surface area contributed by atoms with Crippen LogP contribution >= 0.6 is 0 Å². The molecule has 0 bridgehead atoms. The minimum atomic E-state index is -1.09. The molecule has 3 heterocycles. The molecule has 176 valence electrons. The van der Waals surface area contributed by atoms with Crippen molar-refractivity contribution in [1.82, 2.24) is 9.55 Å². The standard InChI is InChI=1S/C18H25N5O9/c1-7(2)11(20)16(25)28-6-9-12-13(31-18(27)30-12)14(29-9)23-5-4-10(21-17(23)26)22-32-15(24)8(3)19/h4-5,7-9,11-14H,6,19-20H2,1-3H3,(H,21,22,26)/t8-,9-,11-,12-,13-,14-/m1/s1. The molecule has 6 atom stereocenters. The quantitative estimate of drug-likeness (QED) is 0.240. The Balaban J connectivity index is 1.71. The van der Waals surface area contributed by atoms with Crippen molar-refractivity contribution in [3.63, 3.8) is 0 Å². The maximum Gasteiger partial charge on any atom is 0.509 e. The second kappa shape index (κ2) is 9.50. The Kier molecular flexibility index (Phi) is 6.96. The van der Waals surface area contributed by atoms with Crippen LogP contribution < -0.4 is 22.6 Å². The van der Waals surface area contributed by atoms with Gasteiger partial charge in [0.05, 0.1) is 0 Å². The van der Waals surface area contributed by atoms with Gasteiger partial charge in [-0.2, -0.15) is 4.98 Å². The van der Waals surface area contributed by atoms with Gasteiger partial charge in [-0.25, -0.2) is 19.9 Å². The molecule has 3 rings (SSSR count). The van der Waals surface area contributed by atoms with Crippen LogP contribution in [0.2, 0.25) is 0 Å². The predicted octanol–water partition coefficient (Wildman–Crippen LogP) is -1.21. The number of ether oxygens (including phenoxy) is 4. The third-order valence-electron chi connectivity index (χ3n) is 4.86. The summed E-state index contributed by atoms with van der Waals surface area (Å²) in [6.07, 6.45) is -3.50. The summed E-state index contributed by atoms with van der Waals surface area (Å²) < 4.78 is 22.3. The molecule has 2 aliphatic rings. The lowest BCUT2D eigenvalue weighted by Crippen LogP contribution is -2.40. The monoisotopic (exact) mass is 455 g/mol. The highest BCUT2D eigenvalue weighted by atomic mass is 16.8. The number of hydrogen-bond donors (Lipinski definition) is 3. The van der Waals surface area contributed by atoms with E-state index in [0.29, 0.717) is 0 Å². The number of nitrogens with zero attached hydrogens (tertiary/aromatic N) is 2. The summed E-state index contributed by atoms with van der Waals surface area (Å²) in [6, 6.07) is -0.362. The van der Waals surface area contributed by atoms with Gasteiger partial charge < -0.3 is 35.3 Å². The molecule has 0 aliphatic carbocycles. The van der Waals surface area contributed by atoms with Crippen molar-refractivity contribution in [3.8, 4) is 0 Å². The molecule has 5 N–H and O–H groups in total. The maximum atomic E-state index is 12.5. The van der Waals surface area contributed by atoms with Gasteiger partial charge in [0.2, 0.25) is 0 Å². The largest absolute Gasteiger partial charge is 0.509 e. The van der Waals surface area contributed by atoms with Gasteiger partial charge in [-0.15, -0.1) is 0 Å². The molecule has 0 spiro atoms. The molecule has 1 aromatic heterocycles. The second-order valence-electron chi connectivity index (χ2n) is 7.69. The first-order chi connectivity index (χ1) is 15.1. The van der Waals surface area contributed by atoms with E-state index in [0.717, 1.165) is 4.57 Å². The van der Waals surface area contributed by atoms with Crippen LogP contribution in [0.5, 0.6) is 0 Å². The lowest BCUT2D eigenvalue weighted by molar-refractivity contribution is -0.153. The highest BCUT2D eigenvalue weighted by Gasteiger charge is 2.55. The molecule has 2 aliphatic heterocycles. The number of nitrogens with two attached hydrogens (primary N) is 2. The predicted molar refractivity (Wildman–Crippen MR) is 105 cm³/mol. The molecule has 0 unspecified atom stereocenters. The van der Waals surface area contributed by atoms with Crippen LogP contribution in [0.15, 0.2) is 17.1 Å². The zero-order valence-corrected chi connectivity index (χ0v) is 17.6. The van der Waals surface area contributed by atoms with E-state index in [9.17, 15) is 19.2 Å². The molecule has 0 saturated carbocycles. The number of esters is 1. The average molecular weight is 455 g/mol. The molecule has 0 aromatic carbocycles. The maximum absolute atomic E-state index is 12.5. The molecular formula is C18H25N5O9. The number of rotatable bonds is 8. The van der Waals surface area contributed by atoms with Crippen LogP contribution in [0.3, 0.4) is 0 Å². The first kappa shape index (κ1) is 23.4. The molecule has 32 heavy (non-hydrogen) atoms. The normalized spacial score (nSPS) is 26.0. The Bertz CT molecular complexity index is 934. The number of fused-ring (bicyclic) bond motifs is 1. The zero-order valence-electron chi connectivity index (χ0n) is 17.6. The van der Waals surface area contributed by atoms with E-state index >= 15 is 0 Å². The van der Waals surface area contributed by atoms with Crippen LogP contribution in [0.25, 0.3) is 0 Å². The number of anilines is 1. The van der Waals surface area contributed by atoms with E-state index in [4.69, 9.17) is 35.3 Å². The van der Waals surface area contributed by atoms with E-state index in [2.05, 4.69) is 10.5 Å². The molecule has 14 nitrogen and oxygen atoms in total. The Hall–Kier alpha value is -3.23. The highest BCUT2D eigenvalue weighted by molar-refractivity contribution is 5.76. The van der Waals surface area contributed by atoms with Crippen LogP contribution in [0, 0.1) is 5.92 Å². The van der Waals surface area contributed by atoms with Crippen molar-refractivity contribution in [2.24, 2.45) is 17.4 Å². The van der Waals surface area contributed by atoms with Crippen molar-refractivity contribution in [2.45, 2.75) is 57.4 Å². The topological polar surface area (TPSA) is 196 Å². The van der Waals surface area contributed by atoms with Crippen molar-refractivity contribution < 1.29 is 38.2 Å². The Labute approximate surface area is 182 Å². The van der Waals surface area contributed by atoms with Gasteiger partial charge in [0.25, 0.3) is 0 Å². The lowest BCUT2D eigenvalue weighted by atomic mass is 10.1. The average Bonchev–Trinajstić information content (AvgIpc) is 3.27. The van der Waals surface area contributed by atoms with E-state index < -0.39 is 60.4 Å². The summed E-state index contributed by atoms with van der Waals surface area (Å²) in [4.78, 5) is 56.0. The fraction of sp³-hybridized carbons (Fsp3) is 0.611. The van der Waals surface area contributed by atoms with Gasteiger partial charge in [-0.05, 0) is 12.8 Å². The van der Waals surface area contributed by atoms with Crippen molar-refractivity contribution in [2.75, 3.05) is 12.1 Å². The van der Waals surface area contributed by atoms with Gasteiger partial charge in [0, 0.05) is 12.3 Å². The number of nitrogens with one attached hydrogen (secondary N) is 1. The Morgan fingerprint density at radius 2 is 1.88 bits per heavy atom. The van der Waals surface area contributed by atoms with E-state index in [1.807, 2.05) is 0 Å². The number of aromatic nitrogens is 2. The van der Waals surface area contributed by atoms with Gasteiger partial charge >= 0.3 is 23.8 Å². The van der Waals surface area contributed by atoms with Crippen LogP contribution in [0.1, 0.15) is 27.0 Å². The molecule has 2 fully saturated rings. The van der Waals surface area contributed by atoms with Gasteiger partial charge in [0.1, 0.15) is 24.8 Å². The molecule has 2 saturated heterocycles. The second-order valence-corrected chi connectivity index (χ2v) is 7.69. The first-order valence-electron chi connectivity index (χ1n) is 9.85. The zero-order chi connectivity index (χ0) is 23.6. The summed E-state index contributed by atoms with van der Waals surface area (Å²) in [5, 5.41) is 0. The van der Waals surface area contributed by atoms with Crippen LogP contribution in [-0.2, 0) is 33.4 Å². The first-order valence-corrected chi connectivity index (χ1v) is 9.85. The van der Waals surface area contributed by atoms with Crippen molar-refractivity contribution in [1.29, 1.82) is 0 Å². The third-order valence-corrected chi connectivity index (χ3v) is 4.86. The fourth-order valence-corrected chi connectivity index (χ4v) is 2.98. The number of hydrogen-bond acceptors (Lipinski definition) is 13. The minimum absolute atomic E-state index is 0.0531. The molecule has 14 heteroatoms. The minimum Gasteiger partial charge on any atom is -0.462 e. The Morgan fingerprint density at radius 1 is 1.19 bits per heavy atom. The van der Waals surface area contributed by atoms with E-state index in [1.54, 1.807) is 13.8 Å². The van der Waals surface area contributed by atoms with Crippen LogP contribution in [0.4, 0.5) is 10.6 Å². The van der Waals surface area contributed by atoms with Gasteiger partial charge in [-0.1, -0.05) is 13.8 Å². The molecule has 0 radical (unpaired) electrons. The summed E-state index contributed by atoms with van der Waals surface area (Å²) in [5.41, 5.74) is 12.6. The number of carbonyl (C=O) groups is 3. The summed E-state index contributed by atoms with van der Waals surface area (Å²) in [5.74, 6) is -1.57. The summed E-state index contributed by atoms with van der Waals surface area (Å²) >= 11 is 0. The lowest BCUT2D eigenvalue weighted by Gasteiger charge is -2.19. The SMILES string of the molecule is CC(C)[C@@H](N)C(=O)OC[C@H]1O[C@@H](n2ccc(NOC(=O)[C@@H](C)N)nc2=O)[C@@H]2OC(=O)O[C@@H]21. The van der Waals surface area contributed by atoms with Gasteiger partial charge in [0.15, 0.2) is 24.3 Å².